The Labute approximate surface area is 92.1 Å². The van der Waals surface area contributed by atoms with Crippen molar-refractivity contribution in [2.75, 3.05) is 13.2 Å². The van der Waals surface area contributed by atoms with Crippen LogP contribution in [0.1, 0.15) is 5.56 Å². The maximum absolute atomic E-state index is 8.65. The van der Waals surface area contributed by atoms with Crippen LogP contribution in [0.4, 0.5) is 0 Å². The number of hydrogen-bond acceptors (Lipinski definition) is 4. The first-order valence-corrected chi connectivity index (χ1v) is 5.50. The van der Waals surface area contributed by atoms with Crippen LogP contribution in [-0.4, -0.2) is 29.5 Å². The summed E-state index contributed by atoms with van der Waals surface area (Å²) in [5, 5.41) is 12.2. The average molecular weight is 224 g/mol. The van der Waals surface area contributed by atoms with Gasteiger partial charge in [0, 0.05) is 10.5 Å². The molecule has 0 unspecified atom stereocenters. The predicted molar refractivity (Wildman–Crippen MR) is 59.4 cm³/mol. The Bertz CT molecular complexity index is 377. The number of ether oxygens (including phenoxy) is 1. The molecule has 1 aliphatic heterocycles. The Morgan fingerprint density at radius 2 is 2.20 bits per heavy atom. The van der Waals surface area contributed by atoms with Crippen LogP contribution in [-0.2, 0) is 4.74 Å². The van der Waals surface area contributed by atoms with E-state index in [2.05, 4.69) is 5.16 Å². The van der Waals surface area contributed by atoms with E-state index in [1.54, 1.807) is 11.8 Å². The molecule has 1 fully saturated rings. The highest BCUT2D eigenvalue weighted by atomic mass is 32.2. The molecule has 1 aliphatic rings. The zero-order chi connectivity index (χ0) is 10.7. The van der Waals surface area contributed by atoms with Gasteiger partial charge in [-0.2, -0.15) is 0 Å². The Morgan fingerprint density at radius 1 is 1.47 bits per heavy atom. The maximum Gasteiger partial charge on any atom is 0.171 e. The highest BCUT2D eigenvalue weighted by Gasteiger charge is 2.21. The summed E-state index contributed by atoms with van der Waals surface area (Å²) in [4.78, 5) is 1.03. The van der Waals surface area contributed by atoms with E-state index in [1.807, 2.05) is 24.3 Å². The minimum absolute atomic E-state index is 0.151. The minimum Gasteiger partial charge on any atom is -0.409 e. The molecule has 0 atom stereocenters. The SMILES string of the molecule is NC(=NO)c1ccccc1SC1COC1. The highest BCUT2D eigenvalue weighted by Crippen LogP contribution is 2.30. The Kier molecular flexibility index (Phi) is 3.13. The summed E-state index contributed by atoms with van der Waals surface area (Å²) >= 11 is 1.70. The van der Waals surface area contributed by atoms with E-state index in [-0.39, 0.29) is 5.84 Å². The van der Waals surface area contributed by atoms with Gasteiger partial charge in [0.25, 0.3) is 0 Å². The zero-order valence-corrected chi connectivity index (χ0v) is 8.91. The molecule has 0 radical (unpaired) electrons. The van der Waals surface area contributed by atoms with Crippen molar-refractivity contribution in [3.8, 4) is 0 Å². The summed E-state index contributed by atoms with van der Waals surface area (Å²) in [6.45, 7) is 1.55. The Balaban J connectivity index is 2.20. The van der Waals surface area contributed by atoms with Crippen LogP contribution in [0.3, 0.4) is 0 Å². The number of oxime groups is 1. The quantitative estimate of drug-likeness (QED) is 0.351. The lowest BCUT2D eigenvalue weighted by molar-refractivity contribution is 0.0455. The number of hydrogen-bond donors (Lipinski definition) is 2. The molecule has 1 aromatic carbocycles. The van der Waals surface area contributed by atoms with Crippen molar-refractivity contribution >= 4 is 17.6 Å². The van der Waals surface area contributed by atoms with E-state index >= 15 is 0 Å². The van der Waals surface area contributed by atoms with Crippen molar-refractivity contribution in [2.24, 2.45) is 10.9 Å². The molecule has 5 heteroatoms. The van der Waals surface area contributed by atoms with Crippen LogP contribution in [0.25, 0.3) is 0 Å². The number of thioether (sulfide) groups is 1. The number of nitrogens with zero attached hydrogens (tertiary/aromatic N) is 1. The first-order chi connectivity index (χ1) is 7.31. The number of rotatable bonds is 3. The molecule has 0 bridgehead atoms. The molecule has 0 amide bonds. The molecule has 2 rings (SSSR count). The third-order valence-electron chi connectivity index (χ3n) is 2.17. The normalized spacial score (nSPS) is 17.5. The highest BCUT2D eigenvalue weighted by molar-refractivity contribution is 8.00. The number of amidine groups is 1. The number of nitrogens with two attached hydrogens (primary N) is 1. The van der Waals surface area contributed by atoms with Gasteiger partial charge in [-0.05, 0) is 6.07 Å². The van der Waals surface area contributed by atoms with Crippen molar-refractivity contribution in [3.63, 3.8) is 0 Å². The van der Waals surface area contributed by atoms with E-state index in [1.165, 1.54) is 0 Å². The van der Waals surface area contributed by atoms with Crippen molar-refractivity contribution in [1.82, 2.24) is 0 Å². The molecule has 3 N–H and O–H groups in total. The van der Waals surface area contributed by atoms with Crippen LogP contribution in [0.5, 0.6) is 0 Å². The fourth-order valence-corrected chi connectivity index (χ4v) is 2.44. The minimum atomic E-state index is 0.151. The standard InChI is InChI=1S/C10H12N2O2S/c11-10(12-13)8-3-1-2-4-9(8)15-7-5-14-6-7/h1-4,7,13H,5-6H2,(H2,11,12). The van der Waals surface area contributed by atoms with Crippen molar-refractivity contribution in [3.05, 3.63) is 29.8 Å². The summed E-state index contributed by atoms with van der Waals surface area (Å²) in [6, 6.07) is 7.62. The summed E-state index contributed by atoms with van der Waals surface area (Å²) in [5.74, 6) is 0.151. The van der Waals surface area contributed by atoms with Crippen molar-refractivity contribution in [2.45, 2.75) is 10.1 Å². The van der Waals surface area contributed by atoms with E-state index in [0.717, 1.165) is 23.7 Å². The van der Waals surface area contributed by atoms with Gasteiger partial charge < -0.3 is 15.7 Å². The van der Waals surface area contributed by atoms with Crippen LogP contribution in [0.2, 0.25) is 0 Å². The van der Waals surface area contributed by atoms with Crippen molar-refractivity contribution in [1.29, 1.82) is 0 Å². The smallest absolute Gasteiger partial charge is 0.171 e. The third kappa shape index (κ3) is 2.24. The molecule has 80 valence electrons. The van der Waals surface area contributed by atoms with Gasteiger partial charge in [-0.3, -0.25) is 0 Å². The number of benzene rings is 1. The molecular formula is C10H12N2O2S. The summed E-state index contributed by atoms with van der Waals surface area (Å²) in [7, 11) is 0. The fraction of sp³-hybridized carbons (Fsp3) is 0.300. The fourth-order valence-electron chi connectivity index (χ4n) is 1.30. The second-order valence-corrected chi connectivity index (χ2v) is 4.60. The van der Waals surface area contributed by atoms with E-state index < -0.39 is 0 Å². The zero-order valence-electron chi connectivity index (χ0n) is 8.09. The van der Waals surface area contributed by atoms with Gasteiger partial charge in [0.2, 0.25) is 0 Å². The molecule has 15 heavy (non-hydrogen) atoms. The average Bonchev–Trinajstić information content (AvgIpc) is 2.23. The van der Waals surface area contributed by atoms with Crippen LogP contribution in [0, 0.1) is 0 Å². The van der Waals surface area contributed by atoms with E-state index in [0.29, 0.717) is 5.25 Å². The Morgan fingerprint density at radius 3 is 2.80 bits per heavy atom. The van der Waals surface area contributed by atoms with Crippen LogP contribution in [0.15, 0.2) is 34.3 Å². The molecule has 1 heterocycles. The molecule has 1 saturated heterocycles. The summed E-state index contributed by atoms with van der Waals surface area (Å²) in [6.07, 6.45) is 0. The first-order valence-electron chi connectivity index (χ1n) is 4.62. The third-order valence-corrected chi connectivity index (χ3v) is 3.39. The lowest BCUT2D eigenvalue weighted by atomic mass is 10.2. The topological polar surface area (TPSA) is 67.8 Å². The molecule has 1 aromatic rings. The van der Waals surface area contributed by atoms with Crippen molar-refractivity contribution < 1.29 is 9.94 Å². The molecule has 0 aromatic heterocycles. The van der Waals surface area contributed by atoms with E-state index in [4.69, 9.17) is 15.7 Å². The predicted octanol–water partition coefficient (Wildman–Crippen LogP) is 1.27. The van der Waals surface area contributed by atoms with Gasteiger partial charge in [0.1, 0.15) is 0 Å². The summed E-state index contributed by atoms with van der Waals surface area (Å²) in [5.41, 5.74) is 6.36. The van der Waals surface area contributed by atoms with Gasteiger partial charge in [-0.25, -0.2) is 0 Å². The largest absolute Gasteiger partial charge is 0.409 e. The van der Waals surface area contributed by atoms with Crippen LogP contribution >= 0.6 is 11.8 Å². The monoisotopic (exact) mass is 224 g/mol. The first kappa shape index (κ1) is 10.3. The molecule has 0 spiro atoms. The van der Waals surface area contributed by atoms with Gasteiger partial charge in [-0.1, -0.05) is 23.4 Å². The van der Waals surface area contributed by atoms with Gasteiger partial charge in [0.15, 0.2) is 5.84 Å². The van der Waals surface area contributed by atoms with E-state index in [9.17, 15) is 0 Å². The second kappa shape index (κ2) is 4.55. The molecule has 4 nitrogen and oxygen atoms in total. The molecular weight excluding hydrogens is 212 g/mol. The molecule has 0 aliphatic carbocycles. The molecule has 0 saturated carbocycles. The lowest BCUT2D eigenvalue weighted by Crippen LogP contribution is -2.30. The van der Waals surface area contributed by atoms with Gasteiger partial charge in [-0.15, -0.1) is 11.8 Å². The Hall–Kier alpha value is -1.20. The van der Waals surface area contributed by atoms with Gasteiger partial charge >= 0.3 is 0 Å². The van der Waals surface area contributed by atoms with Gasteiger partial charge in [0.05, 0.1) is 18.5 Å². The second-order valence-electron chi connectivity index (χ2n) is 3.26. The summed E-state index contributed by atoms with van der Waals surface area (Å²) < 4.78 is 5.10. The lowest BCUT2D eigenvalue weighted by Gasteiger charge is -2.25. The van der Waals surface area contributed by atoms with Crippen LogP contribution < -0.4 is 5.73 Å². The maximum atomic E-state index is 8.65.